The van der Waals surface area contributed by atoms with Gasteiger partial charge in [-0.2, -0.15) is 0 Å². The largest absolute Gasteiger partial charge is 0.507 e. The van der Waals surface area contributed by atoms with Gasteiger partial charge >= 0.3 is 0 Å². The molecule has 2 aromatic rings. The highest BCUT2D eigenvalue weighted by Gasteiger charge is 2.21. The van der Waals surface area contributed by atoms with E-state index in [-0.39, 0.29) is 11.7 Å². The Morgan fingerprint density at radius 3 is 2.32 bits per heavy atom. The lowest BCUT2D eigenvalue weighted by Crippen LogP contribution is -2.35. The van der Waals surface area contributed by atoms with E-state index in [1.54, 1.807) is 12.1 Å². The lowest BCUT2D eigenvalue weighted by Gasteiger charge is -2.27. The minimum Gasteiger partial charge on any atom is -0.507 e. The summed E-state index contributed by atoms with van der Waals surface area (Å²) in [5.41, 5.74) is 0.417. The Morgan fingerprint density at radius 2 is 1.63 bits per heavy atom. The normalized spacial score (nSPS) is 15.7. The molecule has 1 aliphatic rings. The molecule has 1 saturated heterocycles. The fourth-order valence-electron chi connectivity index (χ4n) is 2.67. The number of aromatic hydroxyl groups is 1. The molecule has 3 heteroatoms. The van der Waals surface area contributed by atoms with E-state index in [1.165, 1.54) is 6.42 Å². The lowest BCUT2D eigenvalue weighted by atomic mass is 10.0. The molecule has 2 aromatic carbocycles. The van der Waals surface area contributed by atoms with Gasteiger partial charge in [0, 0.05) is 13.1 Å². The van der Waals surface area contributed by atoms with Gasteiger partial charge in [0.05, 0.1) is 5.56 Å². The Labute approximate surface area is 112 Å². The zero-order chi connectivity index (χ0) is 13.2. The highest BCUT2D eigenvalue weighted by Crippen LogP contribution is 2.26. The third kappa shape index (κ3) is 2.28. The predicted molar refractivity (Wildman–Crippen MR) is 75.4 cm³/mol. The molecule has 19 heavy (non-hydrogen) atoms. The first-order valence-corrected chi connectivity index (χ1v) is 6.77. The van der Waals surface area contributed by atoms with Crippen LogP contribution in [0.4, 0.5) is 0 Å². The van der Waals surface area contributed by atoms with Crippen LogP contribution in [0.5, 0.6) is 5.75 Å². The van der Waals surface area contributed by atoms with E-state index in [9.17, 15) is 9.90 Å². The topological polar surface area (TPSA) is 40.5 Å². The molecule has 0 saturated carbocycles. The lowest BCUT2D eigenvalue weighted by molar-refractivity contribution is 0.0721. The highest BCUT2D eigenvalue weighted by atomic mass is 16.3. The molecule has 1 fully saturated rings. The van der Waals surface area contributed by atoms with Gasteiger partial charge in [0.25, 0.3) is 5.91 Å². The average molecular weight is 255 g/mol. The molecule has 3 nitrogen and oxygen atoms in total. The van der Waals surface area contributed by atoms with E-state index in [0.717, 1.165) is 36.7 Å². The molecule has 0 spiro atoms. The van der Waals surface area contributed by atoms with Crippen molar-refractivity contribution in [2.24, 2.45) is 0 Å². The second-order valence-electron chi connectivity index (χ2n) is 5.07. The van der Waals surface area contributed by atoms with Crippen molar-refractivity contribution < 1.29 is 9.90 Å². The number of amides is 1. The van der Waals surface area contributed by atoms with Gasteiger partial charge in [0.15, 0.2) is 0 Å². The maximum atomic E-state index is 12.4. The van der Waals surface area contributed by atoms with Gasteiger partial charge in [-0.25, -0.2) is 0 Å². The number of carbonyl (C=O) groups excluding carboxylic acids is 1. The van der Waals surface area contributed by atoms with Gasteiger partial charge in [0.2, 0.25) is 0 Å². The van der Waals surface area contributed by atoms with E-state index in [4.69, 9.17) is 0 Å². The van der Waals surface area contributed by atoms with Crippen LogP contribution in [0.25, 0.3) is 10.8 Å². The molecular weight excluding hydrogens is 238 g/mol. The Morgan fingerprint density at radius 1 is 1.00 bits per heavy atom. The smallest absolute Gasteiger partial charge is 0.257 e. The van der Waals surface area contributed by atoms with Crippen LogP contribution in [-0.2, 0) is 0 Å². The second-order valence-corrected chi connectivity index (χ2v) is 5.07. The Balaban J connectivity index is 1.99. The minimum absolute atomic E-state index is 0.0528. The Bertz CT molecular complexity index is 615. The molecule has 0 unspecified atom stereocenters. The number of likely N-dealkylation sites (tertiary alicyclic amines) is 1. The molecule has 0 aromatic heterocycles. The molecular formula is C16H17NO2. The number of hydrogen-bond donors (Lipinski definition) is 1. The molecule has 1 aliphatic heterocycles. The van der Waals surface area contributed by atoms with Gasteiger partial charge < -0.3 is 10.0 Å². The van der Waals surface area contributed by atoms with Crippen molar-refractivity contribution in [1.82, 2.24) is 4.90 Å². The van der Waals surface area contributed by atoms with E-state index in [2.05, 4.69) is 0 Å². The van der Waals surface area contributed by atoms with Crippen LogP contribution >= 0.6 is 0 Å². The first-order chi connectivity index (χ1) is 9.25. The number of phenolic OH excluding ortho intramolecular Hbond substituents is 1. The van der Waals surface area contributed by atoms with Gasteiger partial charge in [-0.3, -0.25) is 4.79 Å². The van der Waals surface area contributed by atoms with Crippen LogP contribution in [0, 0.1) is 0 Å². The zero-order valence-electron chi connectivity index (χ0n) is 10.8. The number of carbonyl (C=O) groups is 1. The van der Waals surface area contributed by atoms with Crippen LogP contribution in [0.2, 0.25) is 0 Å². The third-order valence-corrected chi connectivity index (χ3v) is 3.74. The fraction of sp³-hybridized carbons (Fsp3) is 0.312. The number of rotatable bonds is 1. The number of nitrogens with zero attached hydrogens (tertiary/aromatic N) is 1. The number of phenols is 1. The van der Waals surface area contributed by atoms with Gasteiger partial charge in [-0.1, -0.05) is 24.3 Å². The predicted octanol–water partition coefficient (Wildman–Crippen LogP) is 3.17. The summed E-state index contributed by atoms with van der Waals surface area (Å²) >= 11 is 0. The summed E-state index contributed by atoms with van der Waals surface area (Å²) in [5, 5.41) is 12.0. The number of hydrogen-bond acceptors (Lipinski definition) is 2. The summed E-state index contributed by atoms with van der Waals surface area (Å²) in [5.74, 6) is 0.0252. The minimum atomic E-state index is -0.0528. The van der Waals surface area contributed by atoms with Crippen molar-refractivity contribution in [2.75, 3.05) is 13.1 Å². The van der Waals surface area contributed by atoms with Crippen molar-refractivity contribution >= 4 is 16.7 Å². The summed E-state index contributed by atoms with van der Waals surface area (Å²) in [6.45, 7) is 1.59. The van der Waals surface area contributed by atoms with Crippen LogP contribution in [0.1, 0.15) is 29.6 Å². The zero-order valence-corrected chi connectivity index (χ0v) is 10.8. The standard InChI is InChI=1S/C16H17NO2/c18-15-11-13-7-3-2-6-12(13)10-14(15)16(19)17-8-4-1-5-9-17/h2-3,6-7,10-11,18H,1,4-5,8-9H2. The molecule has 1 amide bonds. The van der Waals surface area contributed by atoms with Crippen LogP contribution < -0.4 is 0 Å². The number of fused-ring (bicyclic) bond motifs is 1. The van der Waals surface area contributed by atoms with E-state index >= 15 is 0 Å². The first kappa shape index (κ1) is 12.0. The van der Waals surface area contributed by atoms with Gasteiger partial charge in [-0.05, 0) is 42.2 Å². The van der Waals surface area contributed by atoms with Crippen molar-refractivity contribution in [3.63, 3.8) is 0 Å². The number of piperidine rings is 1. The van der Waals surface area contributed by atoms with E-state index in [1.807, 2.05) is 29.2 Å². The quantitative estimate of drug-likeness (QED) is 0.850. The Hall–Kier alpha value is -2.03. The number of benzene rings is 2. The average Bonchev–Trinajstić information content (AvgIpc) is 2.47. The van der Waals surface area contributed by atoms with Crippen molar-refractivity contribution in [3.8, 4) is 5.75 Å². The Kier molecular flexibility index (Phi) is 3.11. The van der Waals surface area contributed by atoms with Crippen molar-refractivity contribution in [1.29, 1.82) is 0 Å². The summed E-state index contributed by atoms with van der Waals surface area (Å²) in [6.07, 6.45) is 3.30. The van der Waals surface area contributed by atoms with E-state index in [0.29, 0.717) is 5.56 Å². The first-order valence-electron chi connectivity index (χ1n) is 6.77. The third-order valence-electron chi connectivity index (χ3n) is 3.74. The summed E-state index contributed by atoms with van der Waals surface area (Å²) in [7, 11) is 0. The second kappa shape index (κ2) is 4.92. The summed E-state index contributed by atoms with van der Waals surface area (Å²) in [6, 6.07) is 11.2. The van der Waals surface area contributed by atoms with E-state index < -0.39 is 0 Å². The van der Waals surface area contributed by atoms with Crippen LogP contribution in [-0.4, -0.2) is 29.0 Å². The molecule has 3 rings (SSSR count). The van der Waals surface area contributed by atoms with Crippen molar-refractivity contribution in [2.45, 2.75) is 19.3 Å². The molecule has 0 bridgehead atoms. The molecule has 1 heterocycles. The molecule has 0 atom stereocenters. The fourth-order valence-corrected chi connectivity index (χ4v) is 2.67. The van der Waals surface area contributed by atoms with Crippen LogP contribution in [0.15, 0.2) is 36.4 Å². The van der Waals surface area contributed by atoms with Gasteiger partial charge in [-0.15, -0.1) is 0 Å². The molecule has 98 valence electrons. The maximum absolute atomic E-state index is 12.4. The summed E-state index contributed by atoms with van der Waals surface area (Å²) in [4.78, 5) is 14.3. The molecule has 1 N–H and O–H groups in total. The van der Waals surface area contributed by atoms with Crippen LogP contribution in [0.3, 0.4) is 0 Å². The van der Waals surface area contributed by atoms with Gasteiger partial charge in [0.1, 0.15) is 5.75 Å². The maximum Gasteiger partial charge on any atom is 0.257 e. The molecule has 0 aliphatic carbocycles. The van der Waals surface area contributed by atoms with Crippen molar-refractivity contribution in [3.05, 3.63) is 42.0 Å². The monoisotopic (exact) mass is 255 g/mol. The SMILES string of the molecule is O=C(c1cc2ccccc2cc1O)N1CCCCC1. The summed E-state index contributed by atoms with van der Waals surface area (Å²) < 4.78 is 0. The molecule has 0 radical (unpaired) electrons. The highest BCUT2D eigenvalue weighted by molar-refractivity contribution is 6.01.